The summed E-state index contributed by atoms with van der Waals surface area (Å²) in [6.07, 6.45) is 3.55. The van der Waals surface area contributed by atoms with Crippen LogP contribution >= 0.6 is 0 Å². The van der Waals surface area contributed by atoms with E-state index in [2.05, 4.69) is 24.3 Å². The third-order valence-electron chi connectivity index (χ3n) is 3.00. The van der Waals surface area contributed by atoms with Crippen LogP contribution in [-0.4, -0.2) is 40.8 Å². The number of hydrazine groups is 1. The molecule has 1 saturated heterocycles. The van der Waals surface area contributed by atoms with Crippen molar-refractivity contribution in [3.63, 3.8) is 0 Å². The first-order chi connectivity index (χ1) is 7.02. The van der Waals surface area contributed by atoms with E-state index < -0.39 is 12.0 Å². The van der Waals surface area contributed by atoms with Gasteiger partial charge in [0.05, 0.1) is 0 Å². The average Bonchev–Trinajstić information content (AvgIpc) is 2.16. The van der Waals surface area contributed by atoms with Crippen molar-refractivity contribution < 1.29 is 9.90 Å². The van der Waals surface area contributed by atoms with Crippen molar-refractivity contribution in [2.75, 3.05) is 6.54 Å². The Hall–Kier alpha value is -0.650. The molecule has 0 aromatic heterocycles. The maximum absolute atomic E-state index is 10.6. The molecule has 0 bridgehead atoms. The van der Waals surface area contributed by atoms with Crippen LogP contribution in [0.2, 0.25) is 0 Å². The number of nitrogens with zero attached hydrogens (tertiary/aromatic N) is 1. The largest absolute Gasteiger partial charge is 0.480 e. The molecule has 1 heterocycles. The van der Waals surface area contributed by atoms with Crippen molar-refractivity contribution in [3.8, 4) is 0 Å². The summed E-state index contributed by atoms with van der Waals surface area (Å²) in [6.45, 7) is 4.59. The van der Waals surface area contributed by atoms with Crippen molar-refractivity contribution in [2.45, 2.75) is 51.2 Å². The molecular weight excluding hydrogens is 194 g/mol. The second-order valence-electron chi connectivity index (χ2n) is 4.34. The second-order valence-corrected chi connectivity index (χ2v) is 4.34. The first-order valence-corrected chi connectivity index (χ1v) is 5.52. The molecule has 5 nitrogen and oxygen atoms in total. The van der Waals surface area contributed by atoms with Crippen LogP contribution in [0.15, 0.2) is 0 Å². The smallest absolute Gasteiger partial charge is 0.321 e. The molecule has 0 amide bonds. The normalized spacial score (nSPS) is 30.1. The molecule has 0 aliphatic carbocycles. The molecule has 0 radical (unpaired) electrons. The summed E-state index contributed by atoms with van der Waals surface area (Å²) in [5.41, 5.74) is 8.57. The number of hydrogen-bond donors (Lipinski definition) is 3. The topological polar surface area (TPSA) is 78.6 Å². The lowest BCUT2D eigenvalue weighted by Crippen LogP contribution is -2.55. The summed E-state index contributed by atoms with van der Waals surface area (Å²) in [5.74, 6) is -0.959. The van der Waals surface area contributed by atoms with Crippen LogP contribution in [0.25, 0.3) is 0 Å². The van der Waals surface area contributed by atoms with Crippen LogP contribution < -0.4 is 11.2 Å². The molecular formula is C10H21N3O2. The molecule has 0 aromatic carbocycles. The van der Waals surface area contributed by atoms with Gasteiger partial charge < -0.3 is 10.8 Å². The summed E-state index contributed by atoms with van der Waals surface area (Å²) in [5, 5.41) is 10.8. The number of carboxylic acid groups (broad SMARTS) is 1. The Morgan fingerprint density at radius 3 is 2.53 bits per heavy atom. The summed E-state index contributed by atoms with van der Waals surface area (Å²) in [7, 11) is 0. The number of hydrogen-bond acceptors (Lipinski definition) is 4. The highest BCUT2D eigenvalue weighted by Gasteiger charge is 2.25. The molecule has 0 spiro atoms. The Labute approximate surface area is 90.6 Å². The van der Waals surface area contributed by atoms with Gasteiger partial charge >= 0.3 is 5.97 Å². The van der Waals surface area contributed by atoms with Gasteiger partial charge in [-0.25, -0.2) is 5.01 Å². The Bertz CT molecular complexity index is 213. The van der Waals surface area contributed by atoms with Crippen molar-refractivity contribution in [3.05, 3.63) is 0 Å². The predicted molar refractivity (Wildman–Crippen MR) is 58.2 cm³/mol. The maximum Gasteiger partial charge on any atom is 0.321 e. The monoisotopic (exact) mass is 215 g/mol. The first-order valence-electron chi connectivity index (χ1n) is 5.52. The van der Waals surface area contributed by atoms with Gasteiger partial charge in [-0.05, 0) is 26.7 Å². The molecule has 1 aliphatic heterocycles. The van der Waals surface area contributed by atoms with E-state index in [1.807, 2.05) is 0 Å². The lowest BCUT2D eigenvalue weighted by molar-refractivity contribution is -0.138. The van der Waals surface area contributed by atoms with Crippen molar-refractivity contribution in [2.24, 2.45) is 5.73 Å². The minimum atomic E-state index is -0.959. The van der Waals surface area contributed by atoms with Gasteiger partial charge in [0.25, 0.3) is 0 Å². The highest BCUT2D eigenvalue weighted by molar-refractivity contribution is 5.73. The standard InChI is InChI=1S/C10H21N3O2/c1-7-4-3-5-8(2)13(7)12-6-9(11)10(14)15/h7-9,12H,3-6,11H2,1-2H3,(H,14,15). The van der Waals surface area contributed by atoms with Gasteiger partial charge in [0.15, 0.2) is 0 Å². The summed E-state index contributed by atoms with van der Waals surface area (Å²) in [6, 6.07) is 0.0795. The number of nitrogens with two attached hydrogens (primary N) is 1. The van der Waals surface area contributed by atoms with Crippen LogP contribution in [0.1, 0.15) is 33.1 Å². The fourth-order valence-corrected chi connectivity index (χ4v) is 2.02. The molecule has 4 N–H and O–H groups in total. The molecule has 88 valence electrons. The molecule has 5 heteroatoms. The van der Waals surface area contributed by atoms with Crippen molar-refractivity contribution in [1.82, 2.24) is 10.4 Å². The van der Waals surface area contributed by atoms with Crippen LogP contribution in [0.3, 0.4) is 0 Å². The van der Waals surface area contributed by atoms with Gasteiger partial charge in [-0.1, -0.05) is 6.42 Å². The average molecular weight is 215 g/mol. The first kappa shape index (κ1) is 12.4. The zero-order valence-electron chi connectivity index (χ0n) is 9.44. The number of carbonyl (C=O) groups is 1. The SMILES string of the molecule is CC1CCCC(C)N1NCC(N)C(=O)O. The molecule has 3 unspecified atom stereocenters. The van der Waals surface area contributed by atoms with E-state index >= 15 is 0 Å². The van der Waals surface area contributed by atoms with Crippen LogP contribution in [0, 0.1) is 0 Å². The van der Waals surface area contributed by atoms with Gasteiger partial charge in [0.2, 0.25) is 0 Å². The zero-order chi connectivity index (χ0) is 11.4. The van der Waals surface area contributed by atoms with E-state index in [9.17, 15) is 4.79 Å². The third kappa shape index (κ3) is 3.44. The Balaban J connectivity index is 2.38. The predicted octanol–water partition coefficient (Wildman–Crippen LogP) is 0.166. The third-order valence-corrected chi connectivity index (χ3v) is 3.00. The Morgan fingerprint density at radius 2 is 2.07 bits per heavy atom. The minimum absolute atomic E-state index is 0.296. The number of aliphatic carboxylic acids is 1. The van der Waals surface area contributed by atoms with Crippen molar-refractivity contribution >= 4 is 5.97 Å². The van der Waals surface area contributed by atoms with E-state index in [0.717, 1.165) is 12.8 Å². The molecule has 1 fully saturated rings. The fraction of sp³-hybridized carbons (Fsp3) is 0.900. The lowest BCUT2D eigenvalue weighted by Gasteiger charge is -2.39. The fourth-order valence-electron chi connectivity index (χ4n) is 2.02. The maximum atomic E-state index is 10.6. The number of piperidine rings is 1. The van der Waals surface area contributed by atoms with Gasteiger partial charge in [-0.2, -0.15) is 0 Å². The van der Waals surface area contributed by atoms with E-state index in [-0.39, 0.29) is 0 Å². The Morgan fingerprint density at radius 1 is 1.53 bits per heavy atom. The van der Waals surface area contributed by atoms with Gasteiger partial charge in [0.1, 0.15) is 6.04 Å². The van der Waals surface area contributed by atoms with Gasteiger partial charge in [-0.15, -0.1) is 0 Å². The summed E-state index contributed by atoms with van der Waals surface area (Å²) in [4.78, 5) is 10.6. The Kier molecular flexibility index (Phi) is 4.50. The lowest BCUT2D eigenvalue weighted by atomic mass is 10.00. The molecule has 15 heavy (non-hydrogen) atoms. The minimum Gasteiger partial charge on any atom is -0.480 e. The van der Waals surface area contributed by atoms with Crippen LogP contribution in [0.4, 0.5) is 0 Å². The van der Waals surface area contributed by atoms with Crippen LogP contribution in [0.5, 0.6) is 0 Å². The number of carboxylic acids is 1. The molecule has 3 atom stereocenters. The number of rotatable bonds is 4. The van der Waals surface area contributed by atoms with E-state index in [4.69, 9.17) is 10.8 Å². The highest BCUT2D eigenvalue weighted by atomic mass is 16.4. The van der Waals surface area contributed by atoms with Gasteiger partial charge in [0, 0.05) is 18.6 Å². The molecule has 1 aliphatic rings. The molecule has 0 saturated carbocycles. The highest BCUT2D eigenvalue weighted by Crippen LogP contribution is 2.19. The van der Waals surface area contributed by atoms with E-state index in [1.54, 1.807) is 0 Å². The van der Waals surface area contributed by atoms with Crippen molar-refractivity contribution in [1.29, 1.82) is 0 Å². The number of nitrogens with one attached hydrogen (secondary N) is 1. The molecule has 0 aromatic rings. The molecule has 1 rings (SSSR count). The second kappa shape index (κ2) is 5.44. The van der Waals surface area contributed by atoms with Gasteiger partial charge in [-0.3, -0.25) is 10.2 Å². The summed E-state index contributed by atoms with van der Waals surface area (Å²) >= 11 is 0. The quantitative estimate of drug-likeness (QED) is 0.623. The van der Waals surface area contributed by atoms with E-state index in [0.29, 0.717) is 18.6 Å². The van der Waals surface area contributed by atoms with E-state index in [1.165, 1.54) is 6.42 Å². The zero-order valence-corrected chi connectivity index (χ0v) is 9.44. The van der Waals surface area contributed by atoms with Crippen LogP contribution in [-0.2, 0) is 4.79 Å². The summed E-state index contributed by atoms with van der Waals surface area (Å²) < 4.78 is 0.